The molecule has 2 rings (SSSR count). The molecular formula is C15H22ClN3. The minimum absolute atomic E-state index is 0.126. The van der Waals surface area contributed by atoms with Crippen LogP contribution in [0.15, 0.2) is 24.3 Å². The first-order valence-corrected chi connectivity index (χ1v) is 7.70. The van der Waals surface area contributed by atoms with Crippen molar-refractivity contribution in [1.82, 2.24) is 15.0 Å². The maximum atomic E-state index is 6.36. The highest BCUT2D eigenvalue weighted by Gasteiger charge is 2.10. The van der Waals surface area contributed by atoms with E-state index in [0.717, 1.165) is 23.9 Å². The van der Waals surface area contributed by atoms with Gasteiger partial charge in [0.15, 0.2) is 0 Å². The van der Waals surface area contributed by atoms with Crippen molar-refractivity contribution in [2.45, 2.75) is 57.4 Å². The molecule has 0 saturated heterocycles. The molecule has 1 heterocycles. The smallest absolute Gasteiger partial charge is 0.145 e. The van der Waals surface area contributed by atoms with Gasteiger partial charge in [-0.3, -0.25) is 0 Å². The quantitative estimate of drug-likeness (QED) is 0.507. The first-order valence-electron chi connectivity index (χ1n) is 7.27. The topological polar surface area (TPSA) is 30.7 Å². The third kappa shape index (κ3) is 4.20. The van der Waals surface area contributed by atoms with E-state index in [0.29, 0.717) is 0 Å². The summed E-state index contributed by atoms with van der Waals surface area (Å²) in [6, 6.07) is 7.87. The van der Waals surface area contributed by atoms with Crippen LogP contribution in [0.1, 0.15) is 57.4 Å². The molecule has 0 bridgehead atoms. The number of hydrogen-bond acceptors (Lipinski definition) is 2. The molecule has 0 aliphatic heterocycles. The Morgan fingerprint density at radius 3 is 2.21 bits per heavy atom. The van der Waals surface area contributed by atoms with Gasteiger partial charge in [0.2, 0.25) is 0 Å². The average molecular weight is 280 g/mol. The molecule has 0 fully saturated rings. The number of unbranched alkanes of at least 4 members (excludes halogenated alkanes) is 5. The summed E-state index contributed by atoms with van der Waals surface area (Å²) in [5.74, 6) is 0. The van der Waals surface area contributed by atoms with Gasteiger partial charge in [-0.05, 0) is 18.6 Å². The Kier molecular flexibility index (Phi) is 5.64. The zero-order chi connectivity index (χ0) is 13.5. The van der Waals surface area contributed by atoms with Gasteiger partial charge in [0, 0.05) is 0 Å². The molecule has 2 aromatic rings. The predicted molar refractivity (Wildman–Crippen MR) is 80.4 cm³/mol. The number of aromatic nitrogens is 3. The zero-order valence-corrected chi connectivity index (χ0v) is 12.3. The summed E-state index contributed by atoms with van der Waals surface area (Å²) >= 11 is 6.36. The number of halogens is 1. The molecule has 19 heavy (non-hydrogen) atoms. The normalized spacial score (nSPS) is 12.9. The molecule has 3 nitrogen and oxygen atoms in total. The summed E-state index contributed by atoms with van der Waals surface area (Å²) in [6.45, 7) is 2.24. The molecule has 1 aromatic heterocycles. The molecule has 0 spiro atoms. The van der Waals surface area contributed by atoms with Crippen molar-refractivity contribution >= 4 is 22.6 Å². The molecule has 104 valence electrons. The standard InChI is InChI=1S/C15H22ClN3/c1-2-3-4-5-6-7-12-15(16)19-17-13-10-8-9-11-14(13)18-19/h8-11,15H,2-7,12H2,1H3. The van der Waals surface area contributed by atoms with Crippen LogP contribution in [0.25, 0.3) is 11.0 Å². The van der Waals surface area contributed by atoms with Gasteiger partial charge in [0.05, 0.1) is 0 Å². The Hall–Kier alpha value is -1.09. The Bertz CT molecular complexity index is 462. The van der Waals surface area contributed by atoms with E-state index in [2.05, 4.69) is 17.1 Å². The minimum atomic E-state index is -0.126. The lowest BCUT2D eigenvalue weighted by atomic mass is 10.1. The molecule has 0 saturated carbocycles. The van der Waals surface area contributed by atoms with Crippen molar-refractivity contribution in [3.8, 4) is 0 Å². The number of rotatable bonds is 8. The van der Waals surface area contributed by atoms with Gasteiger partial charge < -0.3 is 0 Å². The second kappa shape index (κ2) is 7.49. The number of hydrogen-bond donors (Lipinski definition) is 0. The van der Waals surface area contributed by atoms with Crippen molar-refractivity contribution in [2.75, 3.05) is 0 Å². The lowest BCUT2D eigenvalue weighted by Crippen LogP contribution is -2.06. The van der Waals surface area contributed by atoms with Crippen LogP contribution in [0.2, 0.25) is 0 Å². The van der Waals surface area contributed by atoms with Crippen LogP contribution in [0.3, 0.4) is 0 Å². The van der Waals surface area contributed by atoms with Crippen LogP contribution in [0, 0.1) is 0 Å². The molecule has 1 atom stereocenters. The first-order chi connectivity index (χ1) is 9.31. The van der Waals surface area contributed by atoms with E-state index >= 15 is 0 Å². The van der Waals surface area contributed by atoms with E-state index in [1.807, 2.05) is 24.3 Å². The molecule has 4 heteroatoms. The largest absolute Gasteiger partial charge is 0.165 e. The number of benzene rings is 1. The van der Waals surface area contributed by atoms with Gasteiger partial charge in [-0.15, -0.1) is 0 Å². The fourth-order valence-corrected chi connectivity index (χ4v) is 2.45. The van der Waals surface area contributed by atoms with E-state index in [1.54, 1.807) is 4.80 Å². The summed E-state index contributed by atoms with van der Waals surface area (Å²) in [6.07, 6.45) is 8.63. The van der Waals surface area contributed by atoms with Crippen LogP contribution < -0.4 is 0 Å². The predicted octanol–water partition coefficient (Wildman–Crippen LogP) is 4.92. The maximum Gasteiger partial charge on any atom is 0.145 e. The van der Waals surface area contributed by atoms with E-state index in [1.165, 1.54) is 32.1 Å². The maximum absolute atomic E-state index is 6.36. The fraction of sp³-hybridized carbons (Fsp3) is 0.600. The van der Waals surface area contributed by atoms with Crippen LogP contribution in [0.5, 0.6) is 0 Å². The molecule has 0 aliphatic rings. The highest BCUT2D eigenvalue weighted by Crippen LogP contribution is 2.21. The molecule has 0 radical (unpaired) electrons. The monoisotopic (exact) mass is 279 g/mol. The van der Waals surface area contributed by atoms with Crippen molar-refractivity contribution in [3.05, 3.63) is 24.3 Å². The van der Waals surface area contributed by atoms with Gasteiger partial charge in [-0.2, -0.15) is 15.0 Å². The number of alkyl halides is 1. The lowest BCUT2D eigenvalue weighted by molar-refractivity contribution is 0.467. The molecule has 1 aromatic carbocycles. The minimum Gasteiger partial charge on any atom is -0.165 e. The molecule has 1 unspecified atom stereocenters. The van der Waals surface area contributed by atoms with Crippen molar-refractivity contribution < 1.29 is 0 Å². The Labute approximate surface area is 119 Å². The molecule has 0 N–H and O–H groups in total. The van der Waals surface area contributed by atoms with Crippen LogP contribution in [0.4, 0.5) is 0 Å². The van der Waals surface area contributed by atoms with Crippen molar-refractivity contribution in [2.24, 2.45) is 0 Å². The van der Waals surface area contributed by atoms with Gasteiger partial charge in [-0.1, -0.05) is 69.2 Å². The van der Waals surface area contributed by atoms with Crippen LogP contribution in [-0.2, 0) is 0 Å². The highest BCUT2D eigenvalue weighted by atomic mass is 35.5. The van der Waals surface area contributed by atoms with Gasteiger partial charge >= 0.3 is 0 Å². The molecule has 0 aliphatic carbocycles. The van der Waals surface area contributed by atoms with Crippen LogP contribution >= 0.6 is 11.6 Å². The van der Waals surface area contributed by atoms with Crippen molar-refractivity contribution in [3.63, 3.8) is 0 Å². The van der Waals surface area contributed by atoms with Gasteiger partial charge in [0.25, 0.3) is 0 Å². The Morgan fingerprint density at radius 2 is 1.58 bits per heavy atom. The second-order valence-corrected chi connectivity index (χ2v) is 5.50. The Morgan fingerprint density at radius 1 is 1.00 bits per heavy atom. The van der Waals surface area contributed by atoms with Gasteiger partial charge in [0.1, 0.15) is 16.5 Å². The number of fused-ring (bicyclic) bond motifs is 1. The SMILES string of the molecule is CCCCCCCCC(Cl)n1nc2ccccc2n1. The van der Waals surface area contributed by atoms with Crippen molar-refractivity contribution in [1.29, 1.82) is 0 Å². The van der Waals surface area contributed by atoms with E-state index in [4.69, 9.17) is 11.6 Å². The summed E-state index contributed by atoms with van der Waals surface area (Å²) in [5.41, 5.74) is 1.70. The third-order valence-electron chi connectivity index (χ3n) is 3.35. The summed E-state index contributed by atoms with van der Waals surface area (Å²) < 4.78 is 0. The summed E-state index contributed by atoms with van der Waals surface area (Å²) in [7, 11) is 0. The van der Waals surface area contributed by atoms with E-state index in [-0.39, 0.29) is 5.50 Å². The summed E-state index contributed by atoms with van der Waals surface area (Å²) in [4.78, 5) is 1.65. The molecule has 0 amide bonds. The molecular weight excluding hydrogens is 258 g/mol. The summed E-state index contributed by atoms with van der Waals surface area (Å²) in [5, 5.41) is 8.83. The second-order valence-electron chi connectivity index (χ2n) is 5.00. The highest BCUT2D eigenvalue weighted by molar-refractivity contribution is 6.18. The van der Waals surface area contributed by atoms with Crippen LogP contribution in [-0.4, -0.2) is 15.0 Å². The number of nitrogens with zero attached hydrogens (tertiary/aromatic N) is 3. The van der Waals surface area contributed by atoms with E-state index in [9.17, 15) is 0 Å². The Balaban J connectivity index is 1.78. The van der Waals surface area contributed by atoms with E-state index < -0.39 is 0 Å². The lowest BCUT2D eigenvalue weighted by Gasteiger charge is -2.07. The zero-order valence-electron chi connectivity index (χ0n) is 11.6. The van der Waals surface area contributed by atoms with Gasteiger partial charge in [-0.25, -0.2) is 0 Å². The third-order valence-corrected chi connectivity index (χ3v) is 3.74. The average Bonchev–Trinajstić information content (AvgIpc) is 2.86. The first kappa shape index (κ1) is 14.3. The fourth-order valence-electron chi connectivity index (χ4n) is 2.21.